The highest BCUT2D eigenvalue weighted by molar-refractivity contribution is 7.99. The minimum absolute atomic E-state index is 0.0378. The highest BCUT2D eigenvalue weighted by atomic mass is 32.2. The van der Waals surface area contributed by atoms with Crippen LogP contribution in [0.4, 0.5) is 5.69 Å². The van der Waals surface area contributed by atoms with Crippen molar-refractivity contribution in [3.8, 4) is 0 Å². The number of aromatic nitrogens is 3. The predicted octanol–water partition coefficient (Wildman–Crippen LogP) is 4.87. The van der Waals surface area contributed by atoms with Gasteiger partial charge in [-0.3, -0.25) is 14.6 Å². The average Bonchev–Trinajstić information content (AvgIpc) is 2.77. The van der Waals surface area contributed by atoms with Gasteiger partial charge in [0.2, 0.25) is 5.91 Å². The first-order valence-electron chi connectivity index (χ1n) is 11.2. The summed E-state index contributed by atoms with van der Waals surface area (Å²) in [6.45, 7) is 7.80. The number of pyridine rings is 1. The fraction of sp³-hybridized carbons (Fsp3) is 0.346. The zero-order valence-electron chi connectivity index (χ0n) is 19.4. The molecule has 0 radical (unpaired) electrons. The maximum Gasteiger partial charge on any atom is 0.228 e. The van der Waals surface area contributed by atoms with E-state index in [1.165, 1.54) is 4.90 Å². The standard InChI is InChI=1S/C26H28N4O2S/c1-5-33-21-8-6-18(7-9-21)13-23(31)30-20-14-19-10-11-26(4,25(32)24(19)27-15-20)22-12-16(2)28-17(3)29-22/h6-9,12,14-15H,5,10-11,13H2,1-4H3,(H,30,31). The highest BCUT2D eigenvalue weighted by Gasteiger charge is 2.42. The first-order chi connectivity index (χ1) is 15.8. The average molecular weight is 461 g/mol. The molecule has 170 valence electrons. The summed E-state index contributed by atoms with van der Waals surface area (Å²) in [5.74, 6) is 1.54. The summed E-state index contributed by atoms with van der Waals surface area (Å²) in [6, 6.07) is 11.8. The van der Waals surface area contributed by atoms with Gasteiger partial charge in [-0.2, -0.15) is 0 Å². The molecule has 0 aliphatic heterocycles. The van der Waals surface area contributed by atoms with Crippen LogP contribution < -0.4 is 5.32 Å². The lowest BCUT2D eigenvalue weighted by Crippen LogP contribution is -2.39. The molecule has 6 nitrogen and oxygen atoms in total. The molecule has 1 unspecified atom stereocenters. The van der Waals surface area contributed by atoms with E-state index in [2.05, 4.69) is 27.2 Å². The van der Waals surface area contributed by atoms with E-state index in [4.69, 9.17) is 0 Å². The van der Waals surface area contributed by atoms with Crippen molar-refractivity contribution in [1.29, 1.82) is 0 Å². The largest absolute Gasteiger partial charge is 0.324 e. The number of aryl methyl sites for hydroxylation is 3. The van der Waals surface area contributed by atoms with Crippen LogP contribution in [0.3, 0.4) is 0 Å². The van der Waals surface area contributed by atoms with Crippen LogP contribution in [0, 0.1) is 13.8 Å². The van der Waals surface area contributed by atoms with Gasteiger partial charge in [0.15, 0.2) is 5.78 Å². The molecular weight excluding hydrogens is 432 g/mol. The van der Waals surface area contributed by atoms with Crippen molar-refractivity contribution < 1.29 is 9.59 Å². The summed E-state index contributed by atoms with van der Waals surface area (Å²) in [5, 5.41) is 2.92. The fourth-order valence-corrected chi connectivity index (χ4v) is 4.90. The first kappa shape index (κ1) is 23.1. The van der Waals surface area contributed by atoms with E-state index in [1.54, 1.807) is 18.0 Å². The number of carbonyl (C=O) groups is 2. The van der Waals surface area contributed by atoms with Gasteiger partial charge < -0.3 is 5.32 Å². The summed E-state index contributed by atoms with van der Waals surface area (Å²) in [5.41, 5.74) is 3.75. The van der Waals surface area contributed by atoms with E-state index >= 15 is 0 Å². The number of rotatable bonds is 6. The van der Waals surface area contributed by atoms with Crippen molar-refractivity contribution in [3.05, 3.63) is 76.6 Å². The number of ketones is 1. The first-order valence-corrected chi connectivity index (χ1v) is 12.1. The Morgan fingerprint density at radius 3 is 2.61 bits per heavy atom. The van der Waals surface area contributed by atoms with Crippen molar-refractivity contribution >= 4 is 29.1 Å². The summed E-state index contributed by atoms with van der Waals surface area (Å²) in [4.78, 5) is 40.5. The number of Topliss-reactive ketones (excluding diaryl/α,β-unsaturated/α-hetero) is 1. The van der Waals surface area contributed by atoms with E-state index in [0.717, 1.165) is 28.3 Å². The molecule has 0 fully saturated rings. The van der Waals surface area contributed by atoms with Crippen LogP contribution in [-0.2, 0) is 23.1 Å². The number of amides is 1. The Hall–Kier alpha value is -3.06. The van der Waals surface area contributed by atoms with Crippen molar-refractivity contribution in [2.75, 3.05) is 11.1 Å². The van der Waals surface area contributed by atoms with Gasteiger partial charge in [-0.1, -0.05) is 19.1 Å². The Bertz CT molecular complexity index is 1190. The highest BCUT2D eigenvalue weighted by Crippen LogP contribution is 2.37. The lowest BCUT2D eigenvalue weighted by molar-refractivity contribution is -0.115. The molecule has 1 aromatic carbocycles. The Kier molecular flexibility index (Phi) is 6.61. The maximum absolute atomic E-state index is 13.4. The van der Waals surface area contributed by atoms with Gasteiger partial charge in [0.05, 0.1) is 29.4 Å². The number of benzene rings is 1. The Labute approximate surface area is 198 Å². The summed E-state index contributed by atoms with van der Waals surface area (Å²) < 4.78 is 0. The molecule has 1 amide bonds. The van der Waals surface area contributed by atoms with Gasteiger partial charge >= 0.3 is 0 Å². The molecule has 1 atom stereocenters. The summed E-state index contributed by atoms with van der Waals surface area (Å²) >= 11 is 1.77. The zero-order valence-corrected chi connectivity index (χ0v) is 20.3. The molecule has 2 aromatic heterocycles. The van der Waals surface area contributed by atoms with Crippen molar-refractivity contribution in [2.24, 2.45) is 0 Å². The molecule has 4 rings (SSSR count). The van der Waals surface area contributed by atoms with Crippen LogP contribution in [-0.4, -0.2) is 32.4 Å². The molecule has 3 aromatic rings. The van der Waals surface area contributed by atoms with Gasteiger partial charge in [-0.05, 0) is 74.8 Å². The topological polar surface area (TPSA) is 84.8 Å². The SMILES string of the molecule is CCSc1ccc(CC(=O)Nc2cnc3c(c2)CCC(C)(c2cc(C)nc(C)n2)C3=O)cc1. The molecule has 33 heavy (non-hydrogen) atoms. The van der Waals surface area contributed by atoms with Gasteiger partial charge in [0.1, 0.15) is 11.5 Å². The lowest BCUT2D eigenvalue weighted by Gasteiger charge is -2.32. The van der Waals surface area contributed by atoms with Crippen LogP contribution in [0.5, 0.6) is 0 Å². The molecule has 0 saturated heterocycles. The van der Waals surface area contributed by atoms with Gasteiger partial charge in [0, 0.05) is 10.6 Å². The molecule has 0 spiro atoms. The second-order valence-electron chi connectivity index (χ2n) is 8.64. The summed E-state index contributed by atoms with van der Waals surface area (Å²) in [6.07, 6.45) is 3.18. The minimum atomic E-state index is -0.731. The molecule has 7 heteroatoms. The molecule has 1 aliphatic rings. The number of fused-ring (bicyclic) bond motifs is 1. The minimum Gasteiger partial charge on any atom is -0.324 e. The van der Waals surface area contributed by atoms with Crippen LogP contribution in [0.2, 0.25) is 0 Å². The third kappa shape index (κ3) is 4.98. The predicted molar refractivity (Wildman–Crippen MR) is 131 cm³/mol. The van der Waals surface area contributed by atoms with Crippen molar-refractivity contribution in [2.45, 2.75) is 57.3 Å². The third-order valence-electron chi connectivity index (χ3n) is 5.99. The van der Waals surface area contributed by atoms with E-state index in [0.29, 0.717) is 30.0 Å². The summed E-state index contributed by atoms with van der Waals surface area (Å²) in [7, 11) is 0. The second-order valence-corrected chi connectivity index (χ2v) is 9.97. The van der Waals surface area contributed by atoms with Crippen molar-refractivity contribution in [1.82, 2.24) is 15.0 Å². The molecule has 1 aliphatic carbocycles. The fourth-order valence-electron chi connectivity index (χ4n) is 4.24. The smallest absolute Gasteiger partial charge is 0.228 e. The number of hydrogen-bond donors (Lipinski definition) is 1. The number of anilines is 1. The van der Waals surface area contributed by atoms with E-state index in [-0.39, 0.29) is 18.1 Å². The van der Waals surface area contributed by atoms with Crippen LogP contribution in [0.1, 0.15) is 59.1 Å². The molecule has 2 heterocycles. The monoisotopic (exact) mass is 460 g/mol. The molecular formula is C26H28N4O2S. The van der Waals surface area contributed by atoms with Gasteiger partial charge in [-0.15, -0.1) is 11.8 Å². The Morgan fingerprint density at radius 2 is 1.91 bits per heavy atom. The van der Waals surface area contributed by atoms with E-state index < -0.39 is 5.41 Å². The van der Waals surface area contributed by atoms with Crippen LogP contribution in [0.25, 0.3) is 0 Å². The third-order valence-corrected chi connectivity index (χ3v) is 6.89. The van der Waals surface area contributed by atoms with Crippen LogP contribution >= 0.6 is 11.8 Å². The molecule has 0 saturated carbocycles. The zero-order chi connectivity index (χ0) is 23.6. The van der Waals surface area contributed by atoms with E-state index in [9.17, 15) is 9.59 Å². The number of nitrogens with one attached hydrogen (secondary N) is 1. The van der Waals surface area contributed by atoms with Crippen LogP contribution in [0.15, 0.2) is 47.5 Å². The normalized spacial score (nSPS) is 17.5. The number of nitrogens with zero attached hydrogens (tertiary/aromatic N) is 3. The van der Waals surface area contributed by atoms with Gasteiger partial charge in [0.25, 0.3) is 0 Å². The number of carbonyl (C=O) groups excluding carboxylic acids is 2. The number of thioether (sulfide) groups is 1. The van der Waals surface area contributed by atoms with Crippen molar-refractivity contribution in [3.63, 3.8) is 0 Å². The maximum atomic E-state index is 13.4. The molecule has 0 bridgehead atoms. The molecule has 1 N–H and O–H groups in total. The quantitative estimate of drug-likeness (QED) is 0.529. The Balaban J connectivity index is 1.48. The lowest BCUT2D eigenvalue weighted by atomic mass is 9.71. The Morgan fingerprint density at radius 1 is 1.15 bits per heavy atom. The van der Waals surface area contributed by atoms with E-state index in [1.807, 2.05) is 57.2 Å². The van der Waals surface area contributed by atoms with Gasteiger partial charge in [-0.25, -0.2) is 9.97 Å². The second kappa shape index (κ2) is 9.43. The number of hydrogen-bond acceptors (Lipinski definition) is 6.